The van der Waals surface area contributed by atoms with Gasteiger partial charge in [0.05, 0.1) is 3.79 Å². The Labute approximate surface area is 124 Å². The summed E-state index contributed by atoms with van der Waals surface area (Å²) in [5.74, 6) is -1.18. The molecule has 0 fully saturated rings. The van der Waals surface area contributed by atoms with Gasteiger partial charge in [-0.2, -0.15) is 0 Å². The van der Waals surface area contributed by atoms with Gasteiger partial charge in [0, 0.05) is 11.4 Å². The van der Waals surface area contributed by atoms with E-state index in [0.717, 1.165) is 15.1 Å². The Morgan fingerprint density at radius 3 is 2.58 bits per heavy atom. The van der Waals surface area contributed by atoms with Crippen molar-refractivity contribution in [2.24, 2.45) is 5.92 Å². The number of hydrogen-bond donors (Lipinski definition) is 3. The van der Waals surface area contributed by atoms with Crippen LogP contribution >= 0.6 is 27.3 Å². The van der Waals surface area contributed by atoms with Gasteiger partial charge in [-0.3, -0.25) is 0 Å². The molecule has 0 aromatic carbocycles. The van der Waals surface area contributed by atoms with E-state index < -0.39 is 18.0 Å². The van der Waals surface area contributed by atoms with E-state index in [1.54, 1.807) is 25.2 Å². The summed E-state index contributed by atoms with van der Waals surface area (Å²) in [5, 5.41) is 14.1. The van der Waals surface area contributed by atoms with Crippen LogP contribution in [0.5, 0.6) is 0 Å². The molecule has 0 radical (unpaired) electrons. The van der Waals surface area contributed by atoms with Gasteiger partial charge in [0.15, 0.2) is 0 Å². The van der Waals surface area contributed by atoms with Crippen LogP contribution in [0.25, 0.3) is 0 Å². The van der Waals surface area contributed by atoms with Crippen LogP contribution in [0.1, 0.15) is 18.7 Å². The molecular weight excluding hydrogens is 332 g/mol. The number of hydrogen-bond acceptors (Lipinski definition) is 3. The van der Waals surface area contributed by atoms with Crippen molar-refractivity contribution in [2.45, 2.75) is 26.3 Å². The zero-order valence-electron chi connectivity index (χ0n) is 10.8. The first-order valence-electron chi connectivity index (χ1n) is 5.91. The SMILES string of the molecule is CC(C)[C@@H](NC(=O)NCCc1ccc(Br)s1)C(=O)O. The Kier molecular flexibility index (Phi) is 6.30. The van der Waals surface area contributed by atoms with Crippen LogP contribution in [0.15, 0.2) is 15.9 Å². The fourth-order valence-electron chi connectivity index (χ4n) is 1.49. The van der Waals surface area contributed by atoms with E-state index in [9.17, 15) is 9.59 Å². The molecule has 0 unspecified atom stereocenters. The molecule has 3 N–H and O–H groups in total. The highest BCUT2D eigenvalue weighted by Gasteiger charge is 2.22. The quantitative estimate of drug-likeness (QED) is 0.738. The fourth-order valence-corrected chi connectivity index (χ4v) is 2.97. The molecule has 7 heteroatoms. The maximum absolute atomic E-state index is 11.6. The van der Waals surface area contributed by atoms with Crippen molar-refractivity contribution in [1.82, 2.24) is 10.6 Å². The molecule has 0 saturated carbocycles. The van der Waals surface area contributed by atoms with Gasteiger partial charge < -0.3 is 15.7 Å². The number of urea groups is 1. The molecule has 106 valence electrons. The van der Waals surface area contributed by atoms with Crippen LogP contribution in [-0.4, -0.2) is 29.7 Å². The summed E-state index contributed by atoms with van der Waals surface area (Å²) in [6.07, 6.45) is 0.725. The zero-order valence-corrected chi connectivity index (χ0v) is 13.2. The lowest BCUT2D eigenvalue weighted by Gasteiger charge is -2.18. The topological polar surface area (TPSA) is 78.4 Å². The van der Waals surface area contributed by atoms with Crippen molar-refractivity contribution in [3.63, 3.8) is 0 Å². The smallest absolute Gasteiger partial charge is 0.326 e. The third-order valence-corrected chi connectivity index (χ3v) is 4.19. The number of carboxylic acid groups (broad SMARTS) is 1. The lowest BCUT2D eigenvalue weighted by molar-refractivity contribution is -0.140. The third kappa shape index (κ3) is 5.61. The Morgan fingerprint density at radius 2 is 2.11 bits per heavy atom. The van der Waals surface area contributed by atoms with Gasteiger partial charge in [-0.25, -0.2) is 9.59 Å². The minimum Gasteiger partial charge on any atom is -0.480 e. The van der Waals surface area contributed by atoms with Crippen molar-refractivity contribution < 1.29 is 14.7 Å². The van der Waals surface area contributed by atoms with Gasteiger partial charge in [0.2, 0.25) is 0 Å². The Balaban J connectivity index is 2.33. The molecule has 0 saturated heterocycles. The number of carboxylic acids is 1. The van der Waals surface area contributed by atoms with E-state index >= 15 is 0 Å². The second-order valence-electron chi connectivity index (χ2n) is 4.42. The third-order valence-electron chi connectivity index (χ3n) is 2.51. The number of carbonyl (C=O) groups is 2. The first-order valence-corrected chi connectivity index (χ1v) is 7.52. The summed E-state index contributed by atoms with van der Waals surface area (Å²) >= 11 is 4.99. The van der Waals surface area contributed by atoms with E-state index in [2.05, 4.69) is 26.6 Å². The van der Waals surface area contributed by atoms with E-state index in [1.165, 1.54) is 0 Å². The molecular formula is C12H17BrN2O3S. The summed E-state index contributed by atoms with van der Waals surface area (Å²) < 4.78 is 1.05. The van der Waals surface area contributed by atoms with E-state index in [-0.39, 0.29) is 5.92 Å². The first kappa shape index (κ1) is 16.0. The van der Waals surface area contributed by atoms with E-state index in [1.807, 2.05) is 12.1 Å². The minimum absolute atomic E-state index is 0.156. The van der Waals surface area contributed by atoms with Gasteiger partial charge >= 0.3 is 12.0 Å². The van der Waals surface area contributed by atoms with Crippen LogP contribution in [0.2, 0.25) is 0 Å². The second-order valence-corrected chi connectivity index (χ2v) is 6.96. The second kappa shape index (κ2) is 7.49. The molecule has 2 amide bonds. The molecule has 0 aliphatic heterocycles. The highest BCUT2D eigenvalue weighted by atomic mass is 79.9. The standard InChI is InChI=1S/C12H17BrN2O3S/c1-7(2)10(11(16)17)15-12(18)14-6-5-8-3-4-9(13)19-8/h3-4,7,10H,5-6H2,1-2H3,(H,16,17)(H2,14,15,18)/t10-/m1/s1. The molecule has 5 nitrogen and oxygen atoms in total. The van der Waals surface area contributed by atoms with Gasteiger partial charge in [0.25, 0.3) is 0 Å². The largest absolute Gasteiger partial charge is 0.480 e. The monoisotopic (exact) mass is 348 g/mol. The minimum atomic E-state index is -1.02. The average Bonchev–Trinajstić information content (AvgIpc) is 2.71. The first-order chi connectivity index (χ1) is 8.90. The number of amides is 2. The molecule has 0 aliphatic carbocycles. The Hall–Kier alpha value is -1.08. The molecule has 19 heavy (non-hydrogen) atoms. The van der Waals surface area contributed by atoms with Crippen LogP contribution < -0.4 is 10.6 Å². The summed E-state index contributed by atoms with van der Waals surface area (Å²) in [6.45, 7) is 3.98. The number of nitrogens with one attached hydrogen (secondary N) is 2. The van der Waals surface area contributed by atoms with Crippen LogP contribution in [0, 0.1) is 5.92 Å². The van der Waals surface area contributed by atoms with E-state index in [4.69, 9.17) is 5.11 Å². The van der Waals surface area contributed by atoms with Gasteiger partial charge in [0.1, 0.15) is 6.04 Å². The Bertz CT molecular complexity index is 448. The predicted molar refractivity (Wildman–Crippen MR) is 78.5 cm³/mol. The molecule has 0 spiro atoms. The van der Waals surface area contributed by atoms with Crippen molar-refractivity contribution in [1.29, 1.82) is 0 Å². The zero-order chi connectivity index (χ0) is 14.4. The van der Waals surface area contributed by atoms with Crippen LogP contribution in [0.3, 0.4) is 0 Å². The van der Waals surface area contributed by atoms with Crippen LogP contribution in [0.4, 0.5) is 4.79 Å². The molecule has 1 rings (SSSR count). The van der Waals surface area contributed by atoms with Crippen molar-refractivity contribution >= 4 is 39.3 Å². The average molecular weight is 349 g/mol. The van der Waals surface area contributed by atoms with Crippen LogP contribution in [-0.2, 0) is 11.2 Å². The molecule has 0 aliphatic rings. The summed E-state index contributed by atoms with van der Waals surface area (Å²) in [4.78, 5) is 23.7. The molecule has 1 atom stereocenters. The summed E-state index contributed by atoms with van der Waals surface area (Å²) in [7, 11) is 0. The molecule has 1 heterocycles. The summed E-state index contributed by atoms with van der Waals surface area (Å²) in [6, 6.07) is 2.63. The molecule has 0 bridgehead atoms. The molecule has 1 aromatic rings. The highest BCUT2D eigenvalue weighted by molar-refractivity contribution is 9.11. The van der Waals surface area contributed by atoms with Gasteiger partial charge in [-0.1, -0.05) is 13.8 Å². The number of halogens is 1. The lowest BCUT2D eigenvalue weighted by atomic mass is 10.1. The number of thiophene rings is 1. The maximum atomic E-state index is 11.6. The summed E-state index contributed by atoms with van der Waals surface area (Å²) in [5.41, 5.74) is 0. The lowest BCUT2D eigenvalue weighted by Crippen LogP contribution is -2.48. The van der Waals surface area contributed by atoms with Crippen molar-refractivity contribution in [3.8, 4) is 0 Å². The Morgan fingerprint density at radius 1 is 1.42 bits per heavy atom. The number of carbonyl (C=O) groups excluding carboxylic acids is 1. The van der Waals surface area contributed by atoms with E-state index in [0.29, 0.717) is 6.54 Å². The van der Waals surface area contributed by atoms with Gasteiger partial charge in [-0.15, -0.1) is 11.3 Å². The van der Waals surface area contributed by atoms with Crippen molar-refractivity contribution in [2.75, 3.05) is 6.54 Å². The fraction of sp³-hybridized carbons (Fsp3) is 0.500. The predicted octanol–water partition coefficient (Wildman–Crippen LogP) is 2.46. The normalized spacial score (nSPS) is 12.2. The molecule has 1 aromatic heterocycles. The van der Waals surface area contributed by atoms with Crippen molar-refractivity contribution in [3.05, 3.63) is 20.8 Å². The number of rotatable bonds is 6. The highest BCUT2D eigenvalue weighted by Crippen LogP contribution is 2.21. The van der Waals surface area contributed by atoms with Gasteiger partial charge in [-0.05, 0) is 40.4 Å². The maximum Gasteiger partial charge on any atom is 0.326 e. The number of aliphatic carboxylic acids is 1.